The number of aromatic nitrogens is 1. The lowest BCUT2D eigenvalue weighted by atomic mass is 10.1. The Bertz CT molecular complexity index is 484. The number of nitrogens with one attached hydrogen (secondary N) is 1. The fraction of sp³-hybridized carbons (Fsp3) is 0.273. The molecule has 1 aromatic rings. The summed E-state index contributed by atoms with van der Waals surface area (Å²) in [5.41, 5.74) is 6.66. The summed E-state index contributed by atoms with van der Waals surface area (Å²) in [5, 5.41) is 10.9. The largest absolute Gasteiger partial charge is 0.367 e. The lowest BCUT2D eigenvalue weighted by molar-refractivity contribution is -0.118. The van der Waals surface area contributed by atoms with Crippen LogP contribution in [0.1, 0.15) is 21.7 Å². The number of nitriles is 1. The number of hydrogen-bond donors (Lipinski definition) is 2. The molecule has 0 saturated heterocycles. The van der Waals surface area contributed by atoms with E-state index in [9.17, 15) is 9.59 Å². The summed E-state index contributed by atoms with van der Waals surface area (Å²) < 4.78 is 0. The number of amides is 2. The second kappa shape index (κ2) is 5.07. The number of carbonyl (C=O) groups is 2. The van der Waals surface area contributed by atoms with E-state index in [1.54, 1.807) is 32.0 Å². The zero-order valence-corrected chi connectivity index (χ0v) is 9.52. The Labute approximate surface area is 98.4 Å². The molecule has 6 nitrogen and oxygen atoms in total. The Morgan fingerprint density at radius 2 is 1.94 bits per heavy atom. The number of primary amides is 1. The molecule has 1 atom stereocenters. The van der Waals surface area contributed by atoms with Crippen molar-refractivity contribution < 1.29 is 9.59 Å². The Kier molecular flexibility index (Phi) is 3.78. The van der Waals surface area contributed by atoms with Gasteiger partial charge in [0.25, 0.3) is 11.8 Å². The number of hydrogen-bond acceptors (Lipinski definition) is 4. The average molecular weight is 232 g/mol. The number of carbonyl (C=O) groups excluding carboxylic acids is 2. The summed E-state index contributed by atoms with van der Waals surface area (Å²) in [6.45, 7) is 3.50. The van der Waals surface area contributed by atoms with Gasteiger partial charge in [-0.15, -0.1) is 0 Å². The van der Waals surface area contributed by atoms with Crippen molar-refractivity contribution in [2.24, 2.45) is 5.73 Å². The van der Waals surface area contributed by atoms with Gasteiger partial charge < -0.3 is 11.1 Å². The maximum atomic E-state index is 11.7. The topological polar surface area (TPSA) is 109 Å². The normalized spacial score (nSPS) is 11.4. The molecule has 1 heterocycles. The number of nitrogens with two attached hydrogens (primary N) is 1. The Morgan fingerprint density at radius 1 is 1.41 bits per heavy atom. The van der Waals surface area contributed by atoms with E-state index in [0.29, 0.717) is 17.0 Å². The van der Waals surface area contributed by atoms with Crippen molar-refractivity contribution in [3.8, 4) is 6.07 Å². The van der Waals surface area contributed by atoms with Crippen molar-refractivity contribution in [3.05, 3.63) is 29.1 Å². The maximum absolute atomic E-state index is 11.7. The Morgan fingerprint density at radius 3 is 2.35 bits per heavy atom. The number of pyridine rings is 1. The highest BCUT2D eigenvalue weighted by molar-refractivity contribution is 5.98. The fourth-order valence-corrected chi connectivity index (χ4v) is 1.35. The van der Waals surface area contributed by atoms with E-state index < -0.39 is 17.9 Å². The van der Waals surface area contributed by atoms with Crippen LogP contribution < -0.4 is 11.1 Å². The summed E-state index contributed by atoms with van der Waals surface area (Å²) >= 11 is 0. The molecule has 0 spiro atoms. The molecule has 1 aromatic heterocycles. The van der Waals surface area contributed by atoms with Gasteiger partial charge in [-0.25, -0.2) is 0 Å². The van der Waals surface area contributed by atoms with Gasteiger partial charge in [-0.05, 0) is 26.0 Å². The van der Waals surface area contributed by atoms with Crippen LogP contribution in [0.5, 0.6) is 0 Å². The van der Waals surface area contributed by atoms with Crippen LogP contribution in [0.2, 0.25) is 0 Å². The molecule has 1 unspecified atom stereocenters. The van der Waals surface area contributed by atoms with Gasteiger partial charge in [0.2, 0.25) is 0 Å². The number of rotatable bonds is 3. The van der Waals surface area contributed by atoms with E-state index in [1.807, 2.05) is 0 Å². The summed E-state index contributed by atoms with van der Waals surface area (Å²) in [7, 11) is 0. The predicted octanol–water partition coefficient (Wildman–Crippen LogP) is -0.194. The molecule has 0 bridgehead atoms. The first kappa shape index (κ1) is 12.6. The highest BCUT2D eigenvalue weighted by Crippen LogP contribution is 2.05. The lowest BCUT2D eigenvalue weighted by Gasteiger charge is -2.08. The van der Waals surface area contributed by atoms with Gasteiger partial charge in [0.1, 0.15) is 0 Å². The van der Waals surface area contributed by atoms with E-state index >= 15 is 0 Å². The van der Waals surface area contributed by atoms with E-state index in [1.165, 1.54) is 0 Å². The van der Waals surface area contributed by atoms with Crippen LogP contribution in [0.3, 0.4) is 0 Å². The van der Waals surface area contributed by atoms with E-state index in [0.717, 1.165) is 0 Å². The van der Waals surface area contributed by atoms with E-state index in [-0.39, 0.29) is 0 Å². The van der Waals surface area contributed by atoms with Crippen LogP contribution >= 0.6 is 0 Å². The van der Waals surface area contributed by atoms with Crippen molar-refractivity contribution in [1.29, 1.82) is 5.26 Å². The third-order valence-corrected chi connectivity index (χ3v) is 2.03. The highest BCUT2D eigenvalue weighted by atomic mass is 16.2. The Balaban J connectivity index is 2.90. The minimum Gasteiger partial charge on any atom is -0.367 e. The molecule has 1 rings (SSSR count). The molecule has 2 amide bonds. The van der Waals surface area contributed by atoms with E-state index in [2.05, 4.69) is 10.3 Å². The SMILES string of the molecule is Cc1cc(C(=O)NC(C#N)C(N)=O)cc(C)n1. The van der Waals surface area contributed by atoms with Gasteiger partial charge in [-0.2, -0.15) is 5.26 Å². The molecular formula is C11H12N4O2. The third kappa shape index (κ3) is 3.28. The van der Waals surface area contributed by atoms with Crippen LogP contribution in [0.25, 0.3) is 0 Å². The smallest absolute Gasteiger partial charge is 0.254 e. The second-order valence-electron chi connectivity index (χ2n) is 3.58. The van der Waals surface area contributed by atoms with Gasteiger partial charge in [0, 0.05) is 17.0 Å². The van der Waals surface area contributed by atoms with Crippen molar-refractivity contribution in [3.63, 3.8) is 0 Å². The molecule has 0 radical (unpaired) electrons. The van der Waals surface area contributed by atoms with Gasteiger partial charge in [0.05, 0.1) is 6.07 Å². The molecule has 0 saturated carbocycles. The average Bonchev–Trinajstić information content (AvgIpc) is 2.23. The third-order valence-electron chi connectivity index (χ3n) is 2.03. The van der Waals surface area contributed by atoms with Crippen LogP contribution in [0.15, 0.2) is 12.1 Å². The Hall–Kier alpha value is -2.42. The van der Waals surface area contributed by atoms with Crippen LogP contribution in [0.4, 0.5) is 0 Å². The minimum atomic E-state index is -1.32. The molecule has 0 aliphatic carbocycles. The molecule has 0 aliphatic heterocycles. The lowest BCUT2D eigenvalue weighted by Crippen LogP contribution is -2.43. The first-order valence-electron chi connectivity index (χ1n) is 4.89. The first-order valence-corrected chi connectivity index (χ1v) is 4.89. The maximum Gasteiger partial charge on any atom is 0.254 e. The van der Waals surface area contributed by atoms with Crippen LogP contribution in [-0.4, -0.2) is 22.8 Å². The molecule has 6 heteroatoms. The highest BCUT2D eigenvalue weighted by Gasteiger charge is 2.18. The van der Waals surface area contributed by atoms with Gasteiger partial charge in [-0.1, -0.05) is 0 Å². The molecule has 0 aromatic carbocycles. The molecule has 0 aliphatic rings. The molecule has 0 fully saturated rings. The molecule has 88 valence electrons. The summed E-state index contributed by atoms with van der Waals surface area (Å²) in [6, 6.07) is 3.42. The quantitative estimate of drug-likeness (QED) is 0.752. The van der Waals surface area contributed by atoms with Gasteiger partial charge in [-0.3, -0.25) is 14.6 Å². The molecule has 17 heavy (non-hydrogen) atoms. The zero-order valence-electron chi connectivity index (χ0n) is 9.52. The second-order valence-corrected chi connectivity index (χ2v) is 3.58. The summed E-state index contributed by atoms with van der Waals surface area (Å²) in [4.78, 5) is 26.6. The van der Waals surface area contributed by atoms with Gasteiger partial charge >= 0.3 is 0 Å². The minimum absolute atomic E-state index is 0.344. The first-order chi connectivity index (χ1) is 7.93. The van der Waals surface area contributed by atoms with Crippen molar-refractivity contribution in [2.75, 3.05) is 0 Å². The van der Waals surface area contributed by atoms with Crippen molar-refractivity contribution in [1.82, 2.24) is 10.3 Å². The van der Waals surface area contributed by atoms with E-state index in [4.69, 9.17) is 11.0 Å². The monoisotopic (exact) mass is 232 g/mol. The standard InChI is InChI=1S/C11H12N4O2/c1-6-3-8(4-7(2)14-6)11(17)15-9(5-12)10(13)16/h3-4,9H,1-2H3,(H2,13,16)(H,15,17). The van der Waals surface area contributed by atoms with Gasteiger partial charge in [0.15, 0.2) is 6.04 Å². The van der Waals surface area contributed by atoms with Crippen LogP contribution in [-0.2, 0) is 4.79 Å². The summed E-state index contributed by atoms with van der Waals surface area (Å²) in [5.74, 6) is -1.41. The van der Waals surface area contributed by atoms with Crippen molar-refractivity contribution in [2.45, 2.75) is 19.9 Å². The fourth-order valence-electron chi connectivity index (χ4n) is 1.35. The van der Waals surface area contributed by atoms with Crippen LogP contribution in [0, 0.1) is 25.2 Å². The predicted molar refractivity (Wildman–Crippen MR) is 59.8 cm³/mol. The summed E-state index contributed by atoms with van der Waals surface area (Å²) in [6.07, 6.45) is 0. The zero-order chi connectivity index (χ0) is 13.0. The number of nitrogens with zero attached hydrogens (tertiary/aromatic N) is 2. The molecule has 3 N–H and O–H groups in total. The molecular weight excluding hydrogens is 220 g/mol. The van der Waals surface area contributed by atoms with Crippen molar-refractivity contribution >= 4 is 11.8 Å². The number of aryl methyl sites for hydroxylation is 2.